The maximum atomic E-state index is 11.9. The van der Waals surface area contributed by atoms with Crippen LogP contribution in [0.3, 0.4) is 0 Å². The van der Waals surface area contributed by atoms with Crippen LogP contribution in [-0.2, 0) is 36.2 Å². The molecule has 0 aliphatic rings. The molecular formula is C18H25N10O7P. The molecule has 17 nitrogen and oxygen atoms in total. The fraction of sp³-hybridized carbons (Fsp3) is 0.444. The summed E-state index contributed by atoms with van der Waals surface area (Å²) >= 11 is 0. The van der Waals surface area contributed by atoms with E-state index in [4.69, 9.17) is 39.5 Å². The first-order chi connectivity index (χ1) is 17.5. The number of hydrogen-bond donors (Lipinski definition) is 2. The molecule has 0 unspecified atom stereocenters. The standard InChI is InChI=1S/C18H25N10O7P/c1-30-15-11-13(23-17(19)25-15)27(7-21-11)3-5-32-9-34-36(29)35-10-33-6-4-28-8-22-12-14(28)24-18(20)26-16(12)31-2/h7-8,36H,3-6,9-10H2,1-2H3,(H2,19,23,25)(H2,20,24,26). The van der Waals surface area contributed by atoms with Crippen molar-refractivity contribution in [1.82, 2.24) is 39.0 Å². The van der Waals surface area contributed by atoms with Crippen LogP contribution in [0.2, 0.25) is 0 Å². The smallest absolute Gasteiger partial charge is 0.323 e. The summed E-state index contributed by atoms with van der Waals surface area (Å²) in [5.41, 5.74) is 13.4. The van der Waals surface area contributed by atoms with E-state index in [-0.39, 0.29) is 50.5 Å². The van der Waals surface area contributed by atoms with Crippen LogP contribution in [0.5, 0.6) is 11.8 Å². The third-order valence-corrected chi connectivity index (χ3v) is 5.47. The summed E-state index contributed by atoms with van der Waals surface area (Å²) < 4.78 is 46.4. The van der Waals surface area contributed by atoms with Gasteiger partial charge in [-0.2, -0.15) is 19.9 Å². The van der Waals surface area contributed by atoms with Crippen LogP contribution in [-0.4, -0.2) is 80.1 Å². The van der Waals surface area contributed by atoms with Gasteiger partial charge in [-0.3, -0.25) is 13.6 Å². The average Bonchev–Trinajstić information content (AvgIpc) is 3.46. The molecule has 18 heteroatoms. The topological polar surface area (TPSA) is 212 Å². The third kappa shape index (κ3) is 5.95. The average molecular weight is 524 g/mol. The number of hydrogen-bond acceptors (Lipinski definition) is 15. The van der Waals surface area contributed by atoms with Gasteiger partial charge in [0.05, 0.1) is 40.1 Å². The Balaban J connectivity index is 1.12. The lowest BCUT2D eigenvalue weighted by atomic mass is 10.5. The second-order valence-electron chi connectivity index (χ2n) is 6.99. The normalized spacial score (nSPS) is 11.6. The summed E-state index contributed by atoms with van der Waals surface area (Å²) in [5, 5.41) is 0. The zero-order valence-electron chi connectivity index (χ0n) is 19.5. The van der Waals surface area contributed by atoms with Gasteiger partial charge >= 0.3 is 8.25 Å². The van der Waals surface area contributed by atoms with E-state index in [1.54, 1.807) is 21.8 Å². The fourth-order valence-corrected chi connectivity index (χ4v) is 3.59. The Morgan fingerprint density at radius 3 is 1.64 bits per heavy atom. The molecule has 0 atom stereocenters. The van der Waals surface area contributed by atoms with Gasteiger partial charge in [0.25, 0.3) is 0 Å². The lowest BCUT2D eigenvalue weighted by molar-refractivity contribution is -0.0205. The van der Waals surface area contributed by atoms with Crippen LogP contribution >= 0.6 is 8.25 Å². The Hall–Kier alpha value is -3.63. The van der Waals surface area contributed by atoms with Crippen molar-refractivity contribution >= 4 is 42.5 Å². The van der Waals surface area contributed by atoms with Crippen LogP contribution in [0.15, 0.2) is 12.7 Å². The molecule has 194 valence electrons. The van der Waals surface area contributed by atoms with Gasteiger partial charge in [0.15, 0.2) is 35.9 Å². The number of nitrogens with zero attached hydrogens (tertiary/aromatic N) is 8. The minimum atomic E-state index is -2.80. The molecule has 0 radical (unpaired) electrons. The monoisotopic (exact) mass is 524 g/mol. The fourth-order valence-electron chi connectivity index (χ4n) is 3.15. The molecule has 4 aromatic rings. The van der Waals surface area contributed by atoms with Crippen molar-refractivity contribution in [2.45, 2.75) is 13.1 Å². The van der Waals surface area contributed by atoms with Crippen molar-refractivity contribution in [2.75, 3.05) is 52.5 Å². The van der Waals surface area contributed by atoms with Crippen LogP contribution < -0.4 is 20.9 Å². The molecule has 0 saturated heterocycles. The number of aromatic nitrogens is 8. The Morgan fingerprint density at radius 1 is 0.778 bits per heavy atom. The Bertz CT molecular complexity index is 1250. The highest BCUT2D eigenvalue weighted by Gasteiger charge is 2.14. The number of rotatable bonds is 14. The molecule has 0 bridgehead atoms. The molecule has 0 saturated carbocycles. The van der Waals surface area contributed by atoms with Gasteiger partial charge in [0.1, 0.15) is 0 Å². The summed E-state index contributed by atoms with van der Waals surface area (Å²) in [6.45, 7) is 0.817. The number of nitrogen functional groups attached to an aromatic ring is 2. The van der Waals surface area contributed by atoms with Crippen molar-refractivity contribution in [2.24, 2.45) is 0 Å². The van der Waals surface area contributed by atoms with Gasteiger partial charge in [-0.1, -0.05) is 0 Å². The highest BCUT2D eigenvalue weighted by Crippen LogP contribution is 2.24. The molecule has 0 aliphatic heterocycles. The van der Waals surface area contributed by atoms with E-state index in [1.807, 2.05) is 0 Å². The highest BCUT2D eigenvalue weighted by atomic mass is 31.1. The zero-order chi connectivity index (χ0) is 25.5. The van der Waals surface area contributed by atoms with Gasteiger partial charge in [0, 0.05) is 13.1 Å². The van der Waals surface area contributed by atoms with E-state index >= 15 is 0 Å². The van der Waals surface area contributed by atoms with Gasteiger partial charge in [0.2, 0.25) is 23.7 Å². The summed E-state index contributed by atoms with van der Waals surface area (Å²) in [6, 6.07) is 0. The summed E-state index contributed by atoms with van der Waals surface area (Å²) in [7, 11) is 0.146. The first kappa shape index (κ1) is 25.5. The second-order valence-corrected chi connectivity index (χ2v) is 8.07. The summed E-state index contributed by atoms with van der Waals surface area (Å²) in [6.07, 6.45) is 3.14. The van der Waals surface area contributed by atoms with Crippen molar-refractivity contribution in [3.8, 4) is 11.8 Å². The number of fused-ring (bicyclic) bond motifs is 2. The number of anilines is 2. The largest absolute Gasteiger partial charge is 0.479 e. The molecule has 4 rings (SSSR count). The van der Waals surface area contributed by atoms with Crippen molar-refractivity contribution in [1.29, 1.82) is 0 Å². The van der Waals surface area contributed by atoms with Crippen molar-refractivity contribution in [3.63, 3.8) is 0 Å². The van der Waals surface area contributed by atoms with Gasteiger partial charge in [-0.05, 0) is 0 Å². The molecule has 0 aliphatic carbocycles. The van der Waals surface area contributed by atoms with Crippen LogP contribution in [0.4, 0.5) is 11.9 Å². The third-order valence-electron chi connectivity index (χ3n) is 4.76. The highest BCUT2D eigenvalue weighted by molar-refractivity contribution is 7.33. The van der Waals surface area contributed by atoms with E-state index in [1.165, 1.54) is 14.2 Å². The maximum Gasteiger partial charge on any atom is 0.323 e. The Morgan fingerprint density at radius 2 is 1.22 bits per heavy atom. The predicted molar refractivity (Wildman–Crippen MR) is 125 cm³/mol. The Labute approximate surface area is 204 Å². The molecule has 4 heterocycles. The molecule has 0 spiro atoms. The molecule has 0 aromatic carbocycles. The van der Waals surface area contributed by atoms with E-state index in [0.717, 1.165) is 0 Å². The molecule has 0 fully saturated rings. The molecule has 0 amide bonds. The van der Waals surface area contributed by atoms with Crippen LogP contribution in [0.25, 0.3) is 22.3 Å². The SMILES string of the molecule is COc1nc(N)nc2c1ncn2CCOCO[PH](=O)OCOCCn1cnc2c(OC)nc(N)nc21. The van der Waals surface area contributed by atoms with Crippen LogP contribution in [0, 0.1) is 0 Å². The van der Waals surface area contributed by atoms with Crippen molar-refractivity contribution < 1.29 is 32.6 Å². The van der Waals surface area contributed by atoms with E-state index in [2.05, 4.69) is 29.9 Å². The quantitative estimate of drug-likeness (QED) is 0.128. The van der Waals surface area contributed by atoms with E-state index in [0.29, 0.717) is 35.4 Å². The maximum absolute atomic E-state index is 11.9. The predicted octanol–water partition coefficient (Wildman–Crippen LogP) is 0.219. The summed E-state index contributed by atoms with van der Waals surface area (Å²) in [4.78, 5) is 24.7. The van der Waals surface area contributed by atoms with Gasteiger partial charge < -0.3 is 39.5 Å². The first-order valence-electron chi connectivity index (χ1n) is 10.5. The van der Waals surface area contributed by atoms with Crippen molar-refractivity contribution in [3.05, 3.63) is 12.7 Å². The number of ether oxygens (including phenoxy) is 4. The van der Waals surface area contributed by atoms with E-state index in [9.17, 15) is 4.57 Å². The number of imidazole rings is 2. The Kier molecular flexibility index (Phi) is 8.40. The minimum absolute atomic E-state index is 0.0700. The molecule has 4 aromatic heterocycles. The van der Waals surface area contributed by atoms with Crippen LogP contribution in [0.1, 0.15) is 0 Å². The van der Waals surface area contributed by atoms with Gasteiger partial charge in [-0.15, -0.1) is 0 Å². The number of methoxy groups -OCH3 is 2. The second kappa shape index (κ2) is 11.9. The molecule has 4 N–H and O–H groups in total. The summed E-state index contributed by atoms with van der Waals surface area (Å²) in [5.74, 6) is 0.715. The van der Waals surface area contributed by atoms with E-state index < -0.39 is 8.25 Å². The minimum Gasteiger partial charge on any atom is -0.479 e. The molecule has 36 heavy (non-hydrogen) atoms. The first-order valence-corrected chi connectivity index (χ1v) is 11.7. The lowest BCUT2D eigenvalue weighted by Crippen LogP contribution is -2.09. The molecular weight excluding hydrogens is 499 g/mol. The van der Waals surface area contributed by atoms with Gasteiger partial charge in [-0.25, -0.2) is 9.97 Å². The zero-order valence-corrected chi connectivity index (χ0v) is 20.5. The number of nitrogens with two attached hydrogens (primary N) is 2. The lowest BCUT2D eigenvalue weighted by Gasteiger charge is -2.09.